The summed E-state index contributed by atoms with van der Waals surface area (Å²) >= 11 is 0. The highest BCUT2D eigenvalue weighted by molar-refractivity contribution is 5.64. The summed E-state index contributed by atoms with van der Waals surface area (Å²) in [6, 6.07) is 8.44. The van der Waals surface area contributed by atoms with Crippen molar-refractivity contribution in [3.63, 3.8) is 0 Å². The highest BCUT2D eigenvalue weighted by Gasteiger charge is 2.11. The number of halogens is 1. The molecule has 0 unspecified atom stereocenters. The molecule has 3 aromatic rings. The molecule has 144 valence electrons. The number of fused-ring (bicyclic) bond motifs is 1. The van der Waals surface area contributed by atoms with Crippen LogP contribution in [0.2, 0.25) is 0 Å². The predicted octanol–water partition coefficient (Wildman–Crippen LogP) is 3.65. The van der Waals surface area contributed by atoms with E-state index in [1.54, 1.807) is 28.9 Å². The molecule has 0 amide bonds. The Kier molecular flexibility index (Phi) is 6.24. The number of aromatic nitrogens is 3. The van der Waals surface area contributed by atoms with Crippen molar-refractivity contribution < 1.29 is 13.9 Å². The molecular formula is C20H25FN4O2. The summed E-state index contributed by atoms with van der Waals surface area (Å²) in [4.78, 5) is 6.69. The van der Waals surface area contributed by atoms with Crippen molar-refractivity contribution in [2.45, 2.75) is 20.3 Å². The minimum atomic E-state index is -0.422. The van der Waals surface area contributed by atoms with Gasteiger partial charge in [0.05, 0.1) is 25.6 Å². The van der Waals surface area contributed by atoms with Crippen LogP contribution in [-0.4, -0.2) is 52.8 Å². The molecule has 0 spiro atoms. The predicted molar refractivity (Wildman–Crippen MR) is 103 cm³/mol. The van der Waals surface area contributed by atoms with E-state index in [1.807, 2.05) is 6.07 Å². The lowest BCUT2D eigenvalue weighted by atomic mass is 10.1. The van der Waals surface area contributed by atoms with E-state index in [2.05, 4.69) is 28.8 Å². The van der Waals surface area contributed by atoms with Crippen molar-refractivity contribution in [1.82, 2.24) is 19.5 Å². The third-order valence-electron chi connectivity index (χ3n) is 4.55. The number of benzene rings is 1. The molecule has 6 nitrogen and oxygen atoms in total. The van der Waals surface area contributed by atoms with Crippen molar-refractivity contribution in [1.29, 1.82) is 0 Å². The largest absolute Gasteiger partial charge is 0.494 e. The van der Waals surface area contributed by atoms with Gasteiger partial charge in [0.25, 0.3) is 0 Å². The van der Waals surface area contributed by atoms with Crippen LogP contribution in [0.5, 0.6) is 11.6 Å². The first-order valence-electron chi connectivity index (χ1n) is 9.20. The van der Waals surface area contributed by atoms with E-state index < -0.39 is 5.82 Å². The van der Waals surface area contributed by atoms with Crippen LogP contribution < -0.4 is 9.47 Å². The average molecular weight is 372 g/mol. The van der Waals surface area contributed by atoms with Gasteiger partial charge < -0.3 is 14.4 Å². The summed E-state index contributed by atoms with van der Waals surface area (Å²) in [5, 5.41) is 4.51. The number of rotatable bonds is 9. The van der Waals surface area contributed by atoms with Gasteiger partial charge in [-0.3, -0.25) is 0 Å². The van der Waals surface area contributed by atoms with Gasteiger partial charge in [-0.1, -0.05) is 13.8 Å². The normalized spacial score (nSPS) is 11.3. The quantitative estimate of drug-likeness (QED) is 0.537. The van der Waals surface area contributed by atoms with E-state index in [9.17, 15) is 4.39 Å². The van der Waals surface area contributed by atoms with Crippen LogP contribution >= 0.6 is 0 Å². The molecule has 0 atom stereocenters. The number of ether oxygens (including phenoxy) is 2. The summed E-state index contributed by atoms with van der Waals surface area (Å²) in [6.07, 6.45) is 2.61. The second-order valence-electron chi connectivity index (χ2n) is 6.16. The van der Waals surface area contributed by atoms with Crippen molar-refractivity contribution in [3.05, 3.63) is 42.3 Å². The molecule has 1 aromatic carbocycles. The minimum Gasteiger partial charge on any atom is -0.494 e. The topological polar surface area (TPSA) is 51.9 Å². The Balaban J connectivity index is 1.75. The molecule has 27 heavy (non-hydrogen) atoms. The molecule has 0 aliphatic carbocycles. The van der Waals surface area contributed by atoms with Crippen LogP contribution in [0.4, 0.5) is 4.39 Å². The van der Waals surface area contributed by atoms with Crippen molar-refractivity contribution in [2.75, 3.05) is 33.4 Å². The molecule has 0 bridgehead atoms. The lowest BCUT2D eigenvalue weighted by Crippen LogP contribution is -2.25. The van der Waals surface area contributed by atoms with Crippen LogP contribution in [0.1, 0.15) is 20.3 Å². The van der Waals surface area contributed by atoms with Crippen LogP contribution in [0.3, 0.4) is 0 Å². The SMILES string of the molecule is CCN(CC)CCCOc1ccc2ncc(-c3ccc(OC)c(F)c3)n2n1. The van der Waals surface area contributed by atoms with Gasteiger partial charge in [-0.05, 0) is 43.8 Å². The molecule has 2 heterocycles. The molecule has 2 aromatic heterocycles. The van der Waals surface area contributed by atoms with Crippen molar-refractivity contribution >= 4 is 5.65 Å². The Bertz CT molecular complexity index is 893. The fourth-order valence-electron chi connectivity index (χ4n) is 2.96. The zero-order valence-electron chi connectivity index (χ0n) is 16.0. The fraction of sp³-hybridized carbons (Fsp3) is 0.400. The second-order valence-corrected chi connectivity index (χ2v) is 6.16. The van der Waals surface area contributed by atoms with Gasteiger partial charge in [0, 0.05) is 18.2 Å². The number of nitrogens with zero attached hydrogens (tertiary/aromatic N) is 4. The first-order valence-corrected chi connectivity index (χ1v) is 9.20. The van der Waals surface area contributed by atoms with Gasteiger partial charge in [-0.2, -0.15) is 0 Å². The molecule has 0 N–H and O–H groups in total. The van der Waals surface area contributed by atoms with E-state index in [1.165, 1.54) is 13.2 Å². The van der Waals surface area contributed by atoms with Crippen molar-refractivity contribution in [2.24, 2.45) is 0 Å². The summed E-state index contributed by atoms with van der Waals surface area (Å²) in [6.45, 7) is 7.98. The molecule has 0 radical (unpaired) electrons. The number of hydrogen-bond donors (Lipinski definition) is 0. The van der Waals surface area contributed by atoms with E-state index in [4.69, 9.17) is 9.47 Å². The van der Waals surface area contributed by atoms with Gasteiger partial charge in [0.15, 0.2) is 17.2 Å². The summed E-state index contributed by atoms with van der Waals surface area (Å²) in [5.41, 5.74) is 2.05. The fourth-order valence-corrected chi connectivity index (χ4v) is 2.96. The van der Waals surface area contributed by atoms with Gasteiger partial charge in [0.1, 0.15) is 0 Å². The van der Waals surface area contributed by atoms with Crippen LogP contribution in [0.15, 0.2) is 36.5 Å². The third-order valence-corrected chi connectivity index (χ3v) is 4.55. The summed E-state index contributed by atoms with van der Waals surface area (Å²) < 4.78 is 26.5. The highest BCUT2D eigenvalue weighted by atomic mass is 19.1. The smallest absolute Gasteiger partial charge is 0.231 e. The Morgan fingerprint density at radius 1 is 1.15 bits per heavy atom. The van der Waals surface area contributed by atoms with E-state index in [0.29, 0.717) is 29.4 Å². The molecule has 0 saturated carbocycles. The minimum absolute atomic E-state index is 0.206. The standard InChI is InChI=1S/C20H25FN4O2/c1-4-24(5-2)11-6-12-27-20-10-9-19-22-14-17(25(19)23-20)15-7-8-18(26-3)16(21)13-15/h7-10,13-14H,4-6,11-12H2,1-3H3. The van der Waals surface area contributed by atoms with Gasteiger partial charge in [-0.15, -0.1) is 5.10 Å². The number of imidazole rings is 1. The van der Waals surface area contributed by atoms with E-state index >= 15 is 0 Å². The zero-order valence-corrected chi connectivity index (χ0v) is 16.0. The Morgan fingerprint density at radius 2 is 1.96 bits per heavy atom. The molecule has 0 fully saturated rings. The molecule has 0 saturated heterocycles. The molecule has 3 rings (SSSR count). The highest BCUT2D eigenvalue weighted by Crippen LogP contribution is 2.26. The molecule has 0 aliphatic heterocycles. The average Bonchev–Trinajstić information content (AvgIpc) is 3.11. The Labute approximate surface area is 158 Å². The van der Waals surface area contributed by atoms with Gasteiger partial charge in [0.2, 0.25) is 5.88 Å². The molecule has 7 heteroatoms. The maximum Gasteiger partial charge on any atom is 0.231 e. The third kappa shape index (κ3) is 4.36. The monoisotopic (exact) mass is 372 g/mol. The first kappa shape index (κ1) is 19.1. The molecular weight excluding hydrogens is 347 g/mol. The zero-order chi connectivity index (χ0) is 19.2. The summed E-state index contributed by atoms with van der Waals surface area (Å²) in [5.74, 6) is 0.307. The number of hydrogen-bond acceptors (Lipinski definition) is 5. The van der Waals surface area contributed by atoms with Crippen LogP contribution in [0, 0.1) is 5.82 Å². The van der Waals surface area contributed by atoms with E-state index in [-0.39, 0.29) is 5.75 Å². The Hall–Kier alpha value is -2.67. The number of methoxy groups -OCH3 is 1. The maximum absolute atomic E-state index is 14.0. The van der Waals surface area contributed by atoms with Crippen LogP contribution in [-0.2, 0) is 0 Å². The first-order chi connectivity index (χ1) is 13.2. The van der Waals surface area contributed by atoms with E-state index in [0.717, 1.165) is 26.1 Å². The van der Waals surface area contributed by atoms with Gasteiger partial charge in [-0.25, -0.2) is 13.9 Å². The Morgan fingerprint density at radius 3 is 2.67 bits per heavy atom. The molecule has 0 aliphatic rings. The second kappa shape index (κ2) is 8.81. The lowest BCUT2D eigenvalue weighted by molar-refractivity contribution is 0.242. The summed E-state index contributed by atoms with van der Waals surface area (Å²) in [7, 11) is 1.44. The van der Waals surface area contributed by atoms with Crippen molar-refractivity contribution in [3.8, 4) is 22.9 Å². The van der Waals surface area contributed by atoms with Gasteiger partial charge >= 0.3 is 0 Å². The lowest BCUT2D eigenvalue weighted by Gasteiger charge is -2.17. The van der Waals surface area contributed by atoms with Crippen LogP contribution in [0.25, 0.3) is 16.9 Å². The maximum atomic E-state index is 14.0.